The van der Waals surface area contributed by atoms with Crippen molar-refractivity contribution in [1.29, 1.82) is 5.26 Å². The summed E-state index contributed by atoms with van der Waals surface area (Å²) in [5.41, 5.74) is 2.62. The fourth-order valence-corrected chi connectivity index (χ4v) is 3.45. The van der Waals surface area contributed by atoms with Crippen molar-refractivity contribution in [3.05, 3.63) is 71.5 Å². The van der Waals surface area contributed by atoms with E-state index in [0.29, 0.717) is 5.69 Å². The van der Waals surface area contributed by atoms with Crippen LogP contribution in [0.15, 0.2) is 59.8 Å². The summed E-state index contributed by atoms with van der Waals surface area (Å²) in [5.74, 6) is -0.284. The van der Waals surface area contributed by atoms with Gasteiger partial charge in [0.15, 0.2) is 0 Å². The largest absolute Gasteiger partial charge is 0.326 e. The third-order valence-corrected chi connectivity index (χ3v) is 5.06. The standard InChI is InChI=1S/C19H17N5O3S/c1-13-4-2-3-5-15(13)8-19(25)23-16-6-7-17(18(9-16)28(21,26)27)24-12-14(10-20)11-22-24/h2-7,9,11-12H,8H2,1H3,(H,23,25)(H2,21,26,27). The van der Waals surface area contributed by atoms with Gasteiger partial charge in [0.1, 0.15) is 11.0 Å². The lowest BCUT2D eigenvalue weighted by atomic mass is 10.1. The first kappa shape index (κ1) is 19.3. The first-order valence-corrected chi connectivity index (χ1v) is 9.79. The fourth-order valence-electron chi connectivity index (χ4n) is 2.71. The Morgan fingerprint density at radius 3 is 2.68 bits per heavy atom. The van der Waals surface area contributed by atoms with Crippen molar-refractivity contribution in [3.8, 4) is 11.8 Å². The van der Waals surface area contributed by atoms with Gasteiger partial charge in [-0.3, -0.25) is 4.79 Å². The number of carbonyl (C=O) groups is 1. The molecule has 142 valence electrons. The Morgan fingerprint density at radius 1 is 1.29 bits per heavy atom. The van der Waals surface area contributed by atoms with Crippen LogP contribution in [-0.2, 0) is 21.2 Å². The first-order valence-electron chi connectivity index (χ1n) is 8.24. The van der Waals surface area contributed by atoms with E-state index in [1.807, 2.05) is 37.3 Å². The minimum atomic E-state index is -4.10. The van der Waals surface area contributed by atoms with Gasteiger partial charge in [-0.1, -0.05) is 24.3 Å². The Hall–Kier alpha value is -3.48. The van der Waals surface area contributed by atoms with Gasteiger partial charge in [-0.05, 0) is 36.2 Å². The second-order valence-electron chi connectivity index (χ2n) is 6.16. The van der Waals surface area contributed by atoms with E-state index in [2.05, 4.69) is 10.4 Å². The maximum absolute atomic E-state index is 12.3. The lowest BCUT2D eigenvalue weighted by Crippen LogP contribution is -2.18. The van der Waals surface area contributed by atoms with Gasteiger partial charge < -0.3 is 5.32 Å². The highest BCUT2D eigenvalue weighted by molar-refractivity contribution is 7.89. The number of aromatic nitrogens is 2. The molecule has 0 bridgehead atoms. The monoisotopic (exact) mass is 395 g/mol. The number of nitrogens with zero attached hydrogens (tertiary/aromatic N) is 3. The summed E-state index contributed by atoms with van der Waals surface area (Å²) in [6, 6.07) is 13.7. The minimum absolute atomic E-state index is 0.157. The molecular weight excluding hydrogens is 378 g/mol. The number of hydrogen-bond donors (Lipinski definition) is 2. The van der Waals surface area contributed by atoms with Gasteiger partial charge in [-0.15, -0.1) is 0 Å². The molecule has 0 unspecified atom stereocenters. The summed E-state index contributed by atoms with van der Waals surface area (Å²) < 4.78 is 25.3. The van der Waals surface area contributed by atoms with Crippen LogP contribution in [0, 0.1) is 18.3 Å². The second-order valence-corrected chi connectivity index (χ2v) is 7.69. The van der Waals surface area contributed by atoms with Crippen molar-refractivity contribution >= 4 is 21.6 Å². The highest BCUT2D eigenvalue weighted by Gasteiger charge is 2.18. The van der Waals surface area contributed by atoms with E-state index in [9.17, 15) is 13.2 Å². The van der Waals surface area contributed by atoms with Crippen LogP contribution in [0.2, 0.25) is 0 Å². The van der Waals surface area contributed by atoms with Crippen molar-refractivity contribution in [2.24, 2.45) is 5.14 Å². The molecule has 0 radical (unpaired) electrons. The number of primary sulfonamides is 1. The smallest absolute Gasteiger partial charge is 0.240 e. The van der Waals surface area contributed by atoms with Crippen molar-refractivity contribution < 1.29 is 13.2 Å². The van der Waals surface area contributed by atoms with Crippen LogP contribution in [0.5, 0.6) is 0 Å². The summed E-state index contributed by atoms with van der Waals surface area (Å²) in [6.45, 7) is 1.91. The molecule has 0 saturated heterocycles. The predicted octanol–water partition coefficient (Wildman–Crippen LogP) is 1.88. The highest BCUT2D eigenvalue weighted by Crippen LogP contribution is 2.23. The molecule has 1 aromatic heterocycles. The molecule has 2 aromatic carbocycles. The fraction of sp³-hybridized carbons (Fsp3) is 0.105. The number of nitrogens with two attached hydrogens (primary N) is 1. The molecule has 0 aliphatic carbocycles. The van der Waals surface area contributed by atoms with Crippen molar-refractivity contribution in [2.45, 2.75) is 18.2 Å². The predicted molar refractivity (Wildman–Crippen MR) is 103 cm³/mol. The van der Waals surface area contributed by atoms with E-state index in [1.54, 1.807) is 6.07 Å². The van der Waals surface area contributed by atoms with Crippen LogP contribution in [0.4, 0.5) is 5.69 Å². The lowest BCUT2D eigenvalue weighted by Gasteiger charge is -2.12. The van der Waals surface area contributed by atoms with Gasteiger partial charge >= 0.3 is 0 Å². The van der Waals surface area contributed by atoms with E-state index in [4.69, 9.17) is 10.4 Å². The Kier molecular flexibility index (Phi) is 5.26. The zero-order valence-electron chi connectivity index (χ0n) is 15.0. The van der Waals surface area contributed by atoms with Gasteiger partial charge in [0.25, 0.3) is 0 Å². The van der Waals surface area contributed by atoms with Crippen LogP contribution >= 0.6 is 0 Å². The number of carbonyl (C=O) groups excluding carboxylic acids is 1. The molecule has 9 heteroatoms. The number of aryl methyl sites for hydroxylation is 1. The Balaban J connectivity index is 1.90. The molecule has 0 saturated carbocycles. The van der Waals surface area contributed by atoms with Crippen molar-refractivity contribution in [3.63, 3.8) is 0 Å². The number of amides is 1. The topological polar surface area (TPSA) is 131 Å². The van der Waals surface area contributed by atoms with E-state index in [1.165, 1.54) is 29.2 Å². The molecule has 1 amide bonds. The van der Waals surface area contributed by atoms with Gasteiger partial charge in [0.2, 0.25) is 15.9 Å². The minimum Gasteiger partial charge on any atom is -0.326 e. The molecule has 8 nitrogen and oxygen atoms in total. The summed E-state index contributed by atoms with van der Waals surface area (Å²) in [6.07, 6.45) is 2.86. The molecular formula is C19H17N5O3S. The van der Waals surface area contributed by atoms with E-state index < -0.39 is 10.0 Å². The van der Waals surface area contributed by atoms with Crippen LogP contribution in [0.1, 0.15) is 16.7 Å². The Bertz CT molecular complexity index is 1190. The van der Waals surface area contributed by atoms with Crippen LogP contribution in [0.25, 0.3) is 5.69 Å². The molecule has 28 heavy (non-hydrogen) atoms. The number of sulfonamides is 1. The lowest BCUT2D eigenvalue weighted by molar-refractivity contribution is -0.115. The number of nitriles is 1. The van der Waals surface area contributed by atoms with E-state index in [-0.39, 0.29) is 28.5 Å². The molecule has 3 N–H and O–H groups in total. The number of nitrogens with one attached hydrogen (secondary N) is 1. The van der Waals surface area contributed by atoms with Crippen molar-refractivity contribution in [1.82, 2.24) is 9.78 Å². The Morgan fingerprint density at radius 2 is 2.04 bits per heavy atom. The molecule has 0 aliphatic heterocycles. The number of benzene rings is 2. The molecule has 0 atom stereocenters. The van der Waals surface area contributed by atoms with E-state index >= 15 is 0 Å². The second kappa shape index (κ2) is 7.64. The quantitative estimate of drug-likeness (QED) is 0.681. The average Bonchev–Trinajstić information content (AvgIpc) is 3.12. The first-order chi connectivity index (χ1) is 13.3. The van der Waals surface area contributed by atoms with Crippen LogP contribution in [-0.4, -0.2) is 24.1 Å². The number of rotatable bonds is 5. The molecule has 3 aromatic rings. The zero-order valence-corrected chi connectivity index (χ0v) is 15.8. The third kappa shape index (κ3) is 4.25. The number of anilines is 1. The third-order valence-electron chi connectivity index (χ3n) is 4.12. The number of hydrogen-bond acceptors (Lipinski definition) is 5. The molecule has 0 spiro atoms. The maximum Gasteiger partial charge on any atom is 0.240 e. The molecule has 1 heterocycles. The van der Waals surface area contributed by atoms with Gasteiger partial charge in [-0.2, -0.15) is 10.4 Å². The summed E-state index contributed by atoms with van der Waals surface area (Å²) in [4.78, 5) is 12.1. The average molecular weight is 395 g/mol. The molecule has 0 fully saturated rings. The van der Waals surface area contributed by atoms with Gasteiger partial charge in [0.05, 0.1) is 23.9 Å². The maximum atomic E-state index is 12.3. The molecule has 0 aliphatic rings. The zero-order chi connectivity index (χ0) is 20.3. The Labute approximate surface area is 162 Å². The normalized spacial score (nSPS) is 11.0. The van der Waals surface area contributed by atoms with Crippen molar-refractivity contribution in [2.75, 3.05) is 5.32 Å². The summed E-state index contributed by atoms with van der Waals surface area (Å²) >= 11 is 0. The highest BCUT2D eigenvalue weighted by atomic mass is 32.2. The van der Waals surface area contributed by atoms with Gasteiger partial charge in [0, 0.05) is 11.9 Å². The van der Waals surface area contributed by atoms with Crippen LogP contribution < -0.4 is 10.5 Å². The SMILES string of the molecule is Cc1ccccc1CC(=O)Nc1ccc(-n2cc(C#N)cn2)c(S(N)(=O)=O)c1. The molecule has 3 rings (SSSR count). The van der Waals surface area contributed by atoms with Gasteiger partial charge in [-0.25, -0.2) is 18.2 Å². The summed E-state index contributed by atoms with van der Waals surface area (Å²) in [7, 11) is -4.10. The van der Waals surface area contributed by atoms with E-state index in [0.717, 1.165) is 11.1 Å². The summed E-state index contributed by atoms with van der Waals surface area (Å²) in [5, 5.41) is 20.9. The van der Waals surface area contributed by atoms with Crippen LogP contribution in [0.3, 0.4) is 0 Å².